The second-order valence-electron chi connectivity index (χ2n) is 12.8. The smallest absolute Gasteiger partial charge is 0.356 e. The molecule has 0 radical (unpaired) electrons. The molecule has 2 N–H and O–H groups in total. The number of nitrogens with one attached hydrogen (secondary N) is 1. The average Bonchev–Trinajstić information content (AvgIpc) is 3.56. The van der Waals surface area contributed by atoms with Crippen molar-refractivity contribution in [3.8, 4) is 17.0 Å². The van der Waals surface area contributed by atoms with Gasteiger partial charge in [-0.2, -0.15) is 0 Å². The fraction of sp³-hybridized carbons (Fsp3) is 0.400. The molecule has 3 heterocycles. The highest BCUT2D eigenvalue weighted by Gasteiger charge is 2.32. The number of methoxy groups -OCH3 is 1. The summed E-state index contributed by atoms with van der Waals surface area (Å²) in [6.45, 7) is 7.33. The summed E-state index contributed by atoms with van der Waals surface area (Å²) in [5, 5.41) is 10.4. The van der Waals surface area contributed by atoms with Gasteiger partial charge in [-0.3, -0.25) is 4.79 Å². The molecule has 2 aromatic heterocycles. The summed E-state index contributed by atoms with van der Waals surface area (Å²) in [5.41, 5.74) is 6.34. The number of hydrogen-bond acceptors (Lipinski definition) is 6. The largest absolute Gasteiger partial charge is 0.497 e. The number of imidazole rings is 1. The zero-order valence-electron chi connectivity index (χ0n) is 26.8. The van der Waals surface area contributed by atoms with Gasteiger partial charge in [0.25, 0.3) is 5.91 Å². The molecule has 1 fully saturated rings. The molecule has 4 aromatic rings. The Morgan fingerprint density at radius 1 is 1.02 bits per heavy atom. The number of amides is 1. The second-order valence-corrected chi connectivity index (χ2v) is 15.0. The summed E-state index contributed by atoms with van der Waals surface area (Å²) >= 11 is 0. The molecule has 0 unspecified atom stereocenters. The van der Waals surface area contributed by atoms with Crippen molar-refractivity contribution in [2.45, 2.75) is 83.6 Å². The number of fused-ring (bicyclic) bond motifs is 5. The summed E-state index contributed by atoms with van der Waals surface area (Å²) in [4.78, 5) is 30.1. The van der Waals surface area contributed by atoms with Gasteiger partial charge in [0.2, 0.25) is 10.0 Å². The van der Waals surface area contributed by atoms with Crippen molar-refractivity contribution >= 4 is 44.5 Å². The third kappa shape index (κ3) is 5.50. The van der Waals surface area contributed by atoms with Crippen LogP contribution in [0.15, 0.2) is 42.7 Å². The second kappa shape index (κ2) is 12.1. The molecule has 1 amide bonds. The van der Waals surface area contributed by atoms with Gasteiger partial charge in [-0.15, -0.1) is 0 Å². The predicted molar refractivity (Wildman–Crippen MR) is 179 cm³/mol. The first-order chi connectivity index (χ1) is 21.9. The monoisotopic (exact) mass is 644 g/mol. The standard InChI is InChI=1S/C35H40N4O6S/c1-20(2)39-19-36-31(35(41)42)32(39)25-15-24-16-26(45-5)12-14-27(24)33-30(22-9-7-6-8-10-22)28-13-11-23(17-29(28)38(33)18-25)34(40)37-46(43,44)21(3)4/h11-17,19-22H,6-10,18H2,1-5H3,(H,37,40)(H,41,42). The Hall–Kier alpha value is -4.38. The van der Waals surface area contributed by atoms with Crippen LogP contribution in [0.3, 0.4) is 0 Å². The zero-order chi connectivity index (χ0) is 32.9. The Bertz CT molecular complexity index is 1990. The number of nitrogens with zero attached hydrogens (tertiary/aromatic N) is 3. The van der Waals surface area contributed by atoms with Crippen LogP contribution in [-0.4, -0.2) is 51.9 Å². The number of hydrogen-bond donors (Lipinski definition) is 2. The number of aromatic carboxylic acids is 1. The Morgan fingerprint density at radius 2 is 1.76 bits per heavy atom. The molecule has 1 aliphatic carbocycles. The number of rotatable bonds is 8. The minimum absolute atomic E-state index is 0.0317. The van der Waals surface area contributed by atoms with Crippen LogP contribution in [0.2, 0.25) is 0 Å². The molecule has 1 aliphatic heterocycles. The van der Waals surface area contributed by atoms with E-state index in [-0.39, 0.29) is 17.3 Å². The highest BCUT2D eigenvalue weighted by atomic mass is 32.2. The molecule has 242 valence electrons. The SMILES string of the molecule is COc1ccc2c(c1)C=C(c1c(C(=O)O)ncn1C(C)C)Cn1c-2c(C2CCCCC2)c2ccc(C(=O)NS(=O)(=O)C(C)C)cc21. The third-order valence-corrected chi connectivity index (χ3v) is 11.0. The zero-order valence-corrected chi connectivity index (χ0v) is 27.6. The number of carbonyl (C=O) groups excluding carboxylic acids is 1. The van der Waals surface area contributed by atoms with Crippen molar-refractivity contribution in [3.63, 3.8) is 0 Å². The highest BCUT2D eigenvalue weighted by Crippen LogP contribution is 2.48. The van der Waals surface area contributed by atoms with Crippen LogP contribution in [0, 0.1) is 0 Å². The maximum atomic E-state index is 13.3. The number of carboxylic acids is 1. The first-order valence-corrected chi connectivity index (χ1v) is 17.4. The number of aromatic nitrogens is 3. The van der Waals surface area contributed by atoms with Crippen LogP contribution in [0.25, 0.3) is 33.8 Å². The van der Waals surface area contributed by atoms with Crippen LogP contribution in [0.1, 0.15) is 109 Å². The van der Waals surface area contributed by atoms with E-state index in [1.165, 1.54) is 25.8 Å². The molecule has 0 spiro atoms. The fourth-order valence-electron chi connectivity index (χ4n) is 6.86. The molecule has 0 bridgehead atoms. The number of benzene rings is 2. The molecule has 1 saturated carbocycles. The summed E-state index contributed by atoms with van der Waals surface area (Å²) < 4.78 is 37.1. The Kier molecular flexibility index (Phi) is 8.30. The van der Waals surface area contributed by atoms with Crippen molar-refractivity contribution in [2.75, 3.05) is 7.11 Å². The van der Waals surface area contributed by atoms with Gasteiger partial charge in [0, 0.05) is 28.1 Å². The molecular weight excluding hydrogens is 604 g/mol. The van der Waals surface area contributed by atoms with Crippen LogP contribution < -0.4 is 9.46 Å². The van der Waals surface area contributed by atoms with Crippen molar-refractivity contribution in [3.05, 3.63) is 70.8 Å². The van der Waals surface area contributed by atoms with Gasteiger partial charge in [-0.05, 0) is 99.6 Å². The number of carboxylic acid groups (broad SMARTS) is 1. The maximum absolute atomic E-state index is 13.3. The lowest BCUT2D eigenvalue weighted by molar-refractivity contribution is 0.0690. The van der Waals surface area contributed by atoms with Gasteiger partial charge in [0.1, 0.15) is 5.75 Å². The molecule has 0 saturated heterocycles. The lowest BCUT2D eigenvalue weighted by atomic mass is 9.81. The molecule has 0 atom stereocenters. The molecule has 2 aliphatic rings. The van der Waals surface area contributed by atoms with Gasteiger partial charge in [0.05, 0.1) is 36.6 Å². The predicted octanol–water partition coefficient (Wildman–Crippen LogP) is 6.86. The summed E-state index contributed by atoms with van der Waals surface area (Å²) in [6.07, 6.45) is 9.11. The topological polar surface area (TPSA) is 133 Å². The summed E-state index contributed by atoms with van der Waals surface area (Å²) in [7, 11) is -2.22. The average molecular weight is 645 g/mol. The van der Waals surface area contributed by atoms with E-state index < -0.39 is 27.1 Å². The van der Waals surface area contributed by atoms with Gasteiger partial charge in [-0.25, -0.2) is 22.9 Å². The number of allylic oxidation sites excluding steroid dienone is 1. The van der Waals surface area contributed by atoms with Crippen LogP contribution in [-0.2, 0) is 16.6 Å². The van der Waals surface area contributed by atoms with Gasteiger partial charge < -0.3 is 19.0 Å². The molecule has 6 rings (SSSR count). The Labute approximate surface area is 269 Å². The van der Waals surface area contributed by atoms with Crippen molar-refractivity contribution in [1.29, 1.82) is 0 Å². The first-order valence-electron chi connectivity index (χ1n) is 15.8. The minimum Gasteiger partial charge on any atom is -0.497 e. The van der Waals surface area contributed by atoms with Gasteiger partial charge in [-0.1, -0.05) is 25.3 Å². The van der Waals surface area contributed by atoms with E-state index in [4.69, 9.17) is 4.74 Å². The molecule has 46 heavy (non-hydrogen) atoms. The van der Waals surface area contributed by atoms with Crippen LogP contribution in [0.4, 0.5) is 0 Å². The summed E-state index contributed by atoms with van der Waals surface area (Å²) in [5.74, 6) is -0.831. The Balaban J connectivity index is 1.65. The third-order valence-electron chi connectivity index (χ3n) is 9.26. The molecule has 10 nitrogen and oxygen atoms in total. The van der Waals surface area contributed by atoms with Crippen molar-refractivity contribution in [2.24, 2.45) is 0 Å². The lowest BCUT2D eigenvalue weighted by Crippen LogP contribution is -2.35. The van der Waals surface area contributed by atoms with Crippen LogP contribution >= 0.6 is 0 Å². The van der Waals surface area contributed by atoms with Gasteiger partial charge in [0.15, 0.2) is 5.69 Å². The normalized spacial score (nSPS) is 15.4. The van der Waals surface area contributed by atoms with E-state index in [1.807, 2.05) is 48.8 Å². The number of ether oxygens (including phenoxy) is 1. The van der Waals surface area contributed by atoms with E-state index in [9.17, 15) is 23.1 Å². The summed E-state index contributed by atoms with van der Waals surface area (Å²) in [6, 6.07) is 11.3. The minimum atomic E-state index is -3.84. The van der Waals surface area contributed by atoms with E-state index in [0.717, 1.165) is 59.0 Å². The highest BCUT2D eigenvalue weighted by molar-refractivity contribution is 7.90. The maximum Gasteiger partial charge on any atom is 0.356 e. The quantitative estimate of drug-likeness (QED) is 0.214. The molecular formula is C35H40N4O6S. The van der Waals surface area contributed by atoms with Gasteiger partial charge >= 0.3 is 5.97 Å². The van der Waals surface area contributed by atoms with E-state index in [2.05, 4.69) is 14.3 Å². The number of sulfonamides is 1. The van der Waals surface area contributed by atoms with E-state index in [1.54, 1.807) is 25.6 Å². The fourth-order valence-corrected chi connectivity index (χ4v) is 7.47. The van der Waals surface area contributed by atoms with Crippen molar-refractivity contribution in [1.82, 2.24) is 18.8 Å². The molecule has 2 aromatic carbocycles. The molecule has 11 heteroatoms. The lowest BCUT2D eigenvalue weighted by Gasteiger charge is -2.24. The Morgan fingerprint density at radius 3 is 2.41 bits per heavy atom. The first kappa shape index (κ1) is 31.6. The van der Waals surface area contributed by atoms with E-state index >= 15 is 0 Å². The van der Waals surface area contributed by atoms with E-state index in [0.29, 0.717) is 23.9 Å². The number of carbonyl (C=O) groups is 2. The van der Waals surface area contributed by atoms with Crippen LogP contribution in [0.5, 0.6) is 5.75 Å². The van der Waals surface area contributed by atoms with Crippen molar-refractivity contribution < 1.29 is 27.9 Å².